The van der Waals surface area contributed by atoms with Crippen molar-refractivity contribution in [3.8, 4) is 0 Å². The van der Waals surface area contributed by atoms with Crippen LogP contribution in [0, 0.1) is 0 Å². The largest absolute Gasteiger partial charge is 0.333 e. The van der Waals surface area contributed by atoms with Gasteiger partial charge in [0.15, 0.2) is 0 Å². The second-order valence-corrected chi connectivity index (χ2v) is 5.62. The molecule has 1 saturated heterocycles. The average Bonchev–Trinajstić information content (AvgIpc) is 2.49. The molecule has 1 aromatic carbocycles. The quantitative estimate of drug-likeness (QED) is 0.875. The van der Waals surface area contributed by atoms with Gasteiger partial charge in [0.25, 0.3) is 0 Å². The molecule has 0 aromatic heterocycles. The first-order valence-electron chi connectivity index (χ1n) is 7.85. The molecule has 1 aliphatic rings. The molecular formula is C17H24N2O2. The number of benzene rings is 1. The summed E-state index contributed by atoms with van der Waals surface area (Å²) in [5.41, 5.74) is 2.09. The zero-order valence-electron chi connectivity index (χ0n) is 12.7. The van der Waals surface area contributed by atoms with Gasteiger partial charge >= 0.3 is 0 Å². The SMILES string of the molecule is CCCCc1ccc(NC(=O)CN2CCCCC2=O)cc1. The van der Waals surface area contributed by atoms with Crippen LogP contribution in [0.4, 0.5) is 5.69 Å². The Morgan fingerprint density at radius 2 is 2.00 bits per heavy atom. The van der Waals surface area contributed by atoms with Gasteiger partial charge < -0.3 is 10.2 Å². The first-order chi connectivity index (χ1) is 10.2. The van der Waals surface area contributed by atoms with E-state index in [4.69, 9.17) is 0 Å². The van der Waals surface area contributed by atoms with Crippen molar-refractivity contribution in [1.82, 2.24) is 4.90 Å². The molecule has 0 atom stereocenters. The number of carbonyl (C=O) groups is 2. The highest BCUT2D eigenvalue weighted by Gasteiger charge is 2.20. The van der Waals surface area contributed by atoms with E-state index >= 15 is 0 Å². The maximum Gasteiger partial charge on any atom is 0.243 e. The fraction of sp³-hybridized carbons (Fsp3) is 0.529. The Morgan fingerprint density at radius 3 is 2.67 bits per heavy atom. The van der Waals surface area contributed by atoms with Crippen LogP contribution in [-0.4, -0.2) is 29.8 Å². The van der Waals surface area contributed by atoms with Crippen molar-refractivity contribution in [2.24, 2.45) is 0 Å². The number of aryl methyl sites for hydroxylation is 1. The van der Waals surface area contributed by atoms with Crippen LogP contribution in [0.3, 0.4) is 0 Å². The zero-order chi connectivity index (χ0) is 15.1. The molecule has 1 N–H and O–H groups in total. The minimum Gasteiger partial charge on any atom is -0.333 e. The van der Waals surface area contributed by atoms with E-state index in [2.05, 4.69) is 24.4 Å². The highest BCUT2D eigenvalue weighted by atomic mass is 16.2. The molecule has 0 spiro atoms. The van der Waals surface area contributed by atoms with Crippen LogP contribution in [0.25, 0.3) is 0 Å². The molecule has 1 aliphatic heterocycles. The lowest BCUT2D eigenvalue weighted by Crippen LogP contribution is -2.40. The van der Waals surface area contributed by atoms with Crippen molar-refractivity contribution < 1.29 is 9.59 Å². The lowest BCUT2D eigenvalue weighted by Gasteiger charge is -2.25. The molecule has 21 heavy (non-hydrogen) atoms. The van der Waals surface area contributed by atoms with Crippen LogP contribution in [-0.2, 0) is 16.0 Å². The van der Waals surface area contributed by atoms with Gasteiger partial charge in [-0.3, -0.25) is 9.59 Å². The van der Waals surface area contributed by atoms with E-state index in [1.807, 2.05) is 12.1 Å². The summed E-state index contributed by atoms with van der Waals surface area (Å²) in [5, 5.41) is 2.86. The molecular weight excluding hydrogens is 264 g/mol. The number of unbranched alkanes of at least 4 members (excludes halogenated alkanes) is 1. The predicted octanol–water partition coefficient (Wildman–Crippen LogP) is 2.98. The van der Waals surface area contributed by atoms with Gasteiger partial charge in [0.05, 0.1) is 6.54 Å². The molecule has 0 unspecified atom stereocenters. The average molecular weight is 288 g/mol. The smallest absolute Gasteiger partial charge is 0.243 e. The summed E-state index contributed by atoms with van der Waals surface area (Å²) in [6.07, 6.45) is 5.94. The number of carbonyl (C=O) groups excluding carboxylic acids is 2. The van der Waals surface area contributed by atoms with Crippen LogP contribution < -0.4 is 5.32 Å². The predicted molar refractivity (Wildman–Crippen MR) is 84.1 cm³/mol. The van der Waals surface area contributed by atoms with Crippen LogP contribution in [0.2, 0.25) is 0 Å². The Kier molecular flexibility index (Phi) is 5.78. The number of amides is 2. The molecule has 0 radical (unpaired) electrons. The van der Waals surface area contributed by atoms with Gasteiger partial charge in [-0.1, -0.05) is 25.5 Å². The second-order valence-electron chi connectivity index (χ2n) is 5.62. The zero-order valence-corrected chi connectivity index (χ0v) is 12.7. The number of nitrogens with one attached hydrogen (secondary N) is 1. The Hall–Kier alpha value is -1.84. The van der Waals surface area contributed by atoms with E-state index < -0.39 is 0 Å². The molecule has 1 fully saturated rings. The third-order valence-electron chi connectivity index (χ3n) is 3.81. The summed E-state index contributed by atoms with van der Waals surface area (Å²) in [4.78, 5) is 25.3. The van der Waals surface area contributed by atoms with Gasteiger partial charge in [-0.2, -0.15) is 0 Å². The molecule has 2 rings (SSSR count). The molecule has 0 aliphatic carbocycles. The molecule has 1 heterocycles. The number of nitrogens with zero attached hydrogens (tertiary/aromatic N) is 1. The van der Waals surface area contributed by atoms with Gasteiger partial charge in [0, 0.05) is 18.7 Å². The number of hydrogen-bond donors (Lipinski definition) is 1. The minimum absolute atomic E-state index is 0.0892. The van der Waals surface area contributed by atoms with E-state index in [1.54, 1.807) is 4.90 Å². The molecule has 0 saturated carbocycles. The summed E-state index contributed by atoms with van der Waals surface area (Å²) in [6, 6.07) is 7.97. The van der Waals surface area contributed by atoms with E-state index in [9.17, 15) is 9.59 Å². The third-order valence-corrected chi connectivity index (χ3v) is 3.81. The normalized spacial score (nSPS) is 15.1. The fourth-order valence-corrected chi connectivity index (χ4v) is 2.54. The summed E-state index contributed by atoms with van der Waals surface area (Å²) in [6.45, 7) is 3.04. The van der Waals surface area contributed by atoms with E-state index in [1.165, 1.54) is 18.4 Å². The van der Waals surface area contributed by atoms with Crippen LogP contribution in [0.5, 0.6) is 0 Å². The number of rotatable bonds is 6. The van der Waals surface area contributed by atoms with E-state index in [0.29, 0.717) is 13.0 Å². The van der Waals surface area contributed by atoms with Crippen LogP contribution >= 0.6 is 0 Å². The Bertz CT molecular complexity index is 482. The first-order valence-corrected chi connectivity index (χ1v) is 7.85. The number of anilines is 1. The van der Waals surface area contributed by atoms with Crippen molar-refractivity contribution in [2.75, 3.05) is 18.4 Å². The topological polar surface area (TPSA) is 49.4 Å². The molecule has 0 bridgehead atoms. The third kappa shape index (κ3) is 4.88. The highest BCUT2D eigenvalue weighted by molar-refractivity contribution is 5.94. The van der Waals surface area contributed by atoms with Gasteiger partial charge in [-0.05, 0) is 43.4 Å². The maximum absolute atomic E-state index is 12.0. The lowest BCUT2D eigenvalue weighted by molar-refractivity contribution is -0.136. The summed E-state index contributed by atoms with van der Waals surface area (Å²) in [7, 11) is 0. The van der Waals surface area contributed by atoms with Gasteiger partial charge in [-0.25, -0.2) is 0 Å². The monoisotopic (exact) mass is 288 g/mol. The summed E-state index contributed by atoms with van der Waals surface area (Å²) >= 11 is 0. The number of hydrogen-bond acceptors (Lipinski definition) is 2. The van der Waals surface area contributed by atoms with Crippen molar-refractivity contribution >= 4 is 17.5 Å². The maximum atomic E-state index is 12.0. The van der Waals surface area contributed by atoms with Crippen molar-refractivity contribution in [3.05, 3.63) is 29.8 Å². The molecule has 114 valence electrons. The van der Waals surface area contributed by atoms with Gasteiger partial charge in [0.1, 0.15) is 0 Å². The van der Waals surface area contributed by atoms with Gasteiger partial charge in [0.2, 0.25) is 11.8 Å². The molecule has 1 aromatic rings. The fourth-order valence-electron chi connectivity index (χ4n) is 2.54. The Labute approximate surface area is 126 Å². The van der Waals surface area contributed by atoms with E-state index in [-0.39, 0.29) is 18.4 Å². The van der Waals surface area contributed by atoms with Crippen molar-refractivity contribution in [1.29, 1.82) is 0 Å². The highest BCUT2D eigenvalue weighted by Crippen LogP contribution is 2.13. The summed E-state index contributed by atoms with van der Waals surface area (Å²) < 4.78 is 0. The molecule has 4 nitrogen and oxygen atoms in total. The summed E-state index contributed by atoms with van der Waals surface area (Å²) in [5.74, 6) is -0.0297. The molecule has 2 amide bonds. The van der Waals surface area contributed by atoms with Crippen molar-refractivity contribution in [2.45, 2.75) is 45.4 Å². The minimum atomic E-state index is -0.119. The van der Waals surface area contributed by atoms with E-state index in [0.717, 1.165) is 24.9 Å². The molecule has 4 heteroatoms. The Morgan fingerprint density at radius 1 is 1.24 bits per heavy atom. The Balaban J connectivity index is 1.83. The second kappa shape index (κ2) is 7.81. The number of likely N-dealkylation sites (tertiary alicyclic amines) is 1. The van der Waals surface area contributed by atoms with Gasteiger partial charge in [-0.15, -0.1) is 0 Å². The van der Waals surface area contributed by atoms with Crippen molar-refractivity contribution in [3.63, 3.8) is 0 Å². The lowest BCUT2D eigenvalue weighted by atomic mass is 10.1. The van der Waals surface area contributed by atoms with Crippen LogP contribution in [0.15, 0.2) is 24.3 Å². The van der Waals surface area contributed by atoms with Crippen LogP contribution in [0.1, 0.15) is 44.6 Å². The first kappa shape index (κ1) is 15.5. The standard InChI is InChI=1S/C17H24N2O2/c1-2-3-6-14-8-10-15(11-9-14)18-16(20)13-19-12-5-4-7-17(19)21/h8-11H,2-7,12-13H2,1H3,(H,18,20). The number of piperidine rings is 1.